The number of anilines is 1. The monoisotopic (exact) mass is 206 g/mol. The number of hydrogen-bond acceptors (Lipinski definition) is 2. The molecule has 0 spiro atoms. The number of nitrogen functional groups attached to an aromatic ring is 1. The predicted molar refractivity (Wildman–Crippen MR) is 66.8 cm³/mol. The maximum absolute atomic E-state index is 5.67. The Morgan fingerprint density at radius 3 is 2.40 bits per heavy atom. The average molecular weight is 206 g/mol. The van der Waals surface area contributed by atoms with Crippen molar-refractivity contribution in [1.82, 2.24) is 4.90 Å². The zero-order valence-electron chi connectivity index (χ0n) is 10.0. The molecule has 0 radical (unpaired) electrons. The fraction of sp³-hybridized carbons (Fsp3) is 0.538. The molecule has 0 heterocycles. The molecule has 2 N–H and O–H groups in total. The lowest BCUT2D eigenvalue weighted by atomic mass is 10.1. The smallest absolute Gasteiger partial charge is 0.0316 e. The van der Waals surface area contributed by atoms with Crippen LogP contribution in [-0.2, 0) is 0 Å². The van der Waals surface area contributed by atoms with Crippen LogP contribution in [0.25, 0.3) is 0 Å². The van der Waals surface area contributed by atoms with E-state index in [0.29, 0.717) is 6.04 Å². The van der Waals surface area contributed by atoms with Gasteiger partial charge in [-0.1, -0.05) is 25.5 Å². The zero-order chi connectivity index (χ0) is 11.3. The summed E-state index contributed by atoms with van der Waals surface area (Å²) in [5.41, 5.74) is 7.84. The lowest BCUT2D eigenvalue weighted by Crippen LogP contribution is -2.23. The number of nitrogens with zero attached hydrogens (tertiary/aromatic N) is 1. The quantitative estimate of drug-likeness (QED) is 0.750. The lowest BCUT2D eigenvalue weighted by molar-refractivity contribution is 0.257. The van der Waals surface area contributed by atoms with Crippen LogP contribution in [0.5, 0.6) is 0 Å². The molecule has 1 unspecified atom stereocenters. The van der Waals surface area contributed by atoms with Gasteiger partial charge in [-0.3, -0.25) is 4.90 Å². The minimum Gasteiger partial charge on any atom is -0.399 e. The first kappa shape index (κ1) is 12.1. The molecule has 0 saturated heterocycles. The second-order valence-corrected chi connectivity index (χ2v) is 4.18. The van der Waals surface area contributed by atoms with Gasteiger partial charge in [-0.15, -0.1) is 0 Å². The molecule has 0 aromatic heterocycles. The summed E-state index contributed by atoms with van der Waals surface area (Å²) < 4.78 is 0. The summed E-state index contributed by atoms with van der Waals surface area (Å²) >= 11 is 0. The summed E-state index contributed by atoms with van der Waals surface area (Å²) in [5.74, 6) is 0. The highest BCUT2D eigenvalue weighted by molar-refractivity contribution is 5.39. The highest BCUT2D eigenvalue weighted by Crippen LogP contribution is 2.19. The van der Waals surface area contributed by atoms with Gasteiger partial charge in [0.2, 0.25) is 0 Å². The van der Waals surface area contributed by atoms with Crippen molar-refractivity contribution in [1.29, 1.82) is 0 Å². The molecule has 0 aliphatic heterocycles. The number of nitrogens with two attached hydrogens (primary N) is 1. The Hall–Kier alpha value is -1.02. The van der Waals surface area contributed by atoms with Gasteiger partial charge in [-0.25, -0.2) is 0 Å². The van der Waals surface area contributed by atoms with Crippen molar-refractivity contribution in [2.75, 3.05) is 19.3 Å². The van der Waals surface area contributed by atoms with Gasteiger partial charge in [0.15, 0.2) is 0 Å². The van der Waals surface area contributed by atoms with E-state index in [9.17, 15) is 0 Å². The van der Waals surface area contributed by atoms with Crippen LogP contribution in [0, 0.1) is 0 Å². The molecule has 0 bridgehead atoms. The van der Waals surface area contributed by atoms with E-state index in [2.05, 4.69) is 37.9 Å². The Balaban J connectivity index is 2.59. The molecule has 0 saturated carbocycles. The summed E-state index contributed by atoms with van der Waals surface area (Å²) in [6.07, 6.45) is 2.51. The van der Waals surface area contributed by atoms with Crippen LogP contribution < -0.4 is 5.73 Å². The van der Waals surface area contributed by atoms with Crippen molar-refractivity contribution >= 4 is 5.69 Å². The molecule has 1 aromatic rings. The second kappa shape index (κ2) is 5.76. The van der Waals surface area contributed by atoms with Gasteiger partial charge < -0.3 is 5.73 Å². The Labute approximate surface area is 93.1 Å². The summed E-state index contributed by atoms with van der Waals surface area (Å²) in [7, 11) is 2.18. The van der Waals surface area contributed by atoms with E-state index in [1.54, 1.807) is 0 Å². The van der Waals surface area contributed by atoms with Crippen LogP contribution in [0.4, 0.5) is 5.69 Å². The Bertz CT molecular complexity index is 279. The summed E-state index contributed by atoms with van der Waals surface area (Å²) in [6.45, 7) is 5.62. The molecule has 0 aliphatic rings. The number of unbranched alkanes of at least 4 members (excludes halogenated alkanes) is 1. The fourth-order valence-corrected chi connectivity index (χ4v) is 1.63. The van der Waals surface area contributed by atoms with E-state index in [4.69, 9.17) is 5.73 Å². The third-order valence-electron chi connectivity index (χ3n) is 2.94. The number of benzene rings is 1. The molecular weight excluding hydrogens is 184 g/mol. The first-order chi connectivity index (χ1) is 7.15. The SMILES string of the molecule is CCCCN(C)C(C)c1ccc(N)cc1. The van der Waals surface area contributed by atoms with Crippen molar-refractivity contribution in [2.45, 2.75) is 32.7 Å². The molecule has 0 amide bonds. The molecule has 1 atom stereocenters. The van der Waals surface area contributed by atoms with Crippen molar-refractivity contribution < 1.29 is 0 Å². The van der Waals surface area contributed by atoms with Crippen LogP contribution in [-0.4, -0.2) is 18.5 Å². The van der Waals surface area contributed by atoms with Crippen molar-refractivity contribution in [3.63, 3.8) is 0 Å². The topological polar surface area (TPSA) is 29.3 Å². The number of hydrogen-bond donors (Lipinski definition) is 1. The van der Waals surface area contributed by atoms with Crippen LogP contribution >= 0.6 is 0 Å². The highest BCUT2D eigenvalue weighted by atomic mass is 15.1. The average Bonchev–Trinajstić information content (AvgIpc) is 2.26. The van der Waals surface area contributed by atoms with Gasteiger partial charge in [0.1, 0.15) is 0 Å². The Morgan fingerprint density at radius 1 is 1.27 bits per heavy atom. The van der Waals surface area contributed by atoms with Gasteiger partial charge in [-0.2, -0.15) is 0 Å². The fourth-order valence-electron chi connectivity index (χ4n) is 1.63. The lowest BCUT2D eigenvalue weighted by Gasteiger charge is -2.24. The first-order valence-electron chi connectivity index (χ1n) is 5.70. The summed E-state index contributed by atoms with van der Waals surface area (Å²) in [6, 6.07) is 8.64. The molecule has 0 fully saturated rings. The van der Waals surface area contributed by atoms with Gasteiger partial charge >= 0.3 is 0 Å². The van der Waals surface area contributed by atoms with Gasteiger partial charge in [0.05, 0.1) is 0 Å². The number of rotatable bonds is 5. The molecular formula is C13H22N2. The minimum atomic E-state index is 0.470. The van der Waals surface area contributed by atoms with E-state index in [1.807, 2.05) is 12.1 Å². The second-order valence-electron chi connectivity index (χ2n) is 4.18. The highest BCUT2D eigenvalue weighted by Gasteiger charge is 2.10. The van der Waals surface area contributed by atoms with Crippen molar-refractivity contribution in [3.05, 3.63) is 29.8 Å². The van der Waals surface area contributed by atoms with Gasteiger partial charge in [-0.05, 0) is 44.6 Å². The molecule has 0 aliphatic carbocycles. The van der Waals surface area contributed by atoms with E-state index >= 15 is 0 Å². The van der Waals surface area contributed by atoms with E-state index in [1.165, 1.54) is 18.4 Å². The van der Waals surface area contributed by atoms with E-state index in [-0.39, 0.29) is 0 Å². The summed E-state index contributed by atoms with van der Waals surface area (Å²) in [4.78, 5) is 2.38. The molecule has 2 heteroatoms. The standard InChI is InChI=1S/C13H22N2/c1-4-5-10-15(3)11(2)12-6-8-13(14)9-7-12/h6-9,11H,4-5,10,14H2,1-3H3. The first-order valence-corrected chi connectivity index (χ1v) is 5.70. The van der Waals surface area contributed by atoms with Crippen molar-refractivity contribution in [3.8, 4) is 0 Å². The van der Waals surface area contributed by atoms with Gasteiger partial charge in [0.25, 0.3) is 0 Å². The van der Waals surface area contributed by atoms with Gasteiger partial charge in [0, 0.05) is 11.7 Å². The minimum absolute atomic E-state index is 0.470. The third kappa shape index (κ3) is 3.56. The molecule has 1 rings (SSSR count). The van der Waals surface area contributed by atoms with Crippen molar-refractivity contribution in [2.24, 2.45) is 0 Å². The van der Waals surface area contributed by atoms with E-state index in [0.717, 1.165) is 12.2 Å². The molecule has 2 nitrogen and oxygen atoms in total. The van der Waals surface area contributed by atoms with Crippen LogP contribution in [0.2, 0.25) is 0 Å². The van der Waals surface area contributed by atoms with Crippen LogP contribution in [0.3, 0.4) is 0 Å². The zero-order valence-corrected chi connectivity index (χ0v) is 10.0. The Morgan fingerprint density at radius 2 is 1.87 bits per heavy atom. The van der Waals surface area contributed by atoms with Crippen LogP contribution in [0.15, 0.2) is 24.3 Å². The molecule has 1 aromatic carbocycles. The molecule has 15 heavy (non-hydrogen) atoms. The largest absolute Gasteiger partial charge is 0.399 e. The molecule has 84 valence electrons. The predicted octanol–water partition coefficient (Wildman–Crippen LogP) is 3.06. The Kier molecular flexibility index (Phi) is 4.63. The normalized spacial score (nSPS) is 13.1. The maximum Gasteiger partial charge on any atom is 0.0316 e. The summed E-state index contributed by atoms with van der Waals surface area (Å²) in [5, 5.41) is 0. The maximum atomic E-state index is 5.67. The third-order valence-corrected chi connectivity index (χ3v) is 2.94. The van der Waals surface area contributed by atoms with E-state index < -0.39 is 0 Å². The van der Waals surface area contributed by atoms with Crippen LogP contribution in [0.1, 0.15) is 38.3 Å².